The van der Waals surface area contributed by atoms with Crippen molar-refractivity contribution in [3.05, 3.63) is 0 Å². The maximum Gasteiger partial charge on any atom is 0.503 e. The molecule has 0 fully saturated rings. The molecule has 0 aliphatic rings. The van der Waals surface area contributed by atoms with E-state index in [4.69, 9.17) is 15.0 Å². The van der Waals surface area contributed by atoms with Gasteiger partial charge in [-0.25, -0.2) is 4.79 Å². The number of hydrogen-bond acceptors (Lipinski definition) is 1. The van der Waals surface area contributed by atoms with Crippen molar-refractivity contribution in [2.24, 2.45) is 0 Å². The minimum atomic E-state index is -1.83. The summed E-state index contributed by atoms with van der Waals surface area (Å²) >= 11 is 0. The minimum absolute atomic E-state index is 0. The molecule has 0 rings (SSSR count). The molecule has 0 aromatic rings. The number of carbonyl (C=O) groups is 1. The Balaban J connectivity index is -0.00000000450. The first-order chi connectivity index (χ1) is 1.73. The van der Waals surface area contributed by atoms with Gasteiger partial charge in [0.05, 0.1) is 0 Å². The van der Waals surface area contributed by atoms with Gasteiger partial charge >= 0.3 is 6.16 Å². The predicted molar refractivity (Wildman–Crippen MR) is 35.1 cm³/mol. The van der Waals surface area contributed by atoms with Gasteiger partial charge in [-0.3, -0.25) is 0 Å². The second kappa shape index (κ2) is 31.9. The summed E-state index contributed by atoms with van der Waals surface area (Å²) in [5.74, 6) is 0. The standard InChI is InChI=1S/CH2O3.3Na.2H2O/c2-1(3)4;;;;;/h(H2,2,3,4);;;;2*1H2. The van der Waals surface area contributed by atoms with Crippen LogP contribution in [0.25, 0.3) is 0 Å². The van der Waals surface area contributed by atoms with Crippen molar-refractivity contribution in [3.8, 4) is 0 Å². The average Bonchev–Trinajstić information content (AvgIpc) is 0.811. The van der Waals surface area contributed by atoms with Crippen LogP contribution in [0.4, 0.5) is 4.79 Å². The molecule has 0 bridgehead atoms. The summed E-state index contributed by atoms with van der Waals surface area (Å²) in [6, 6.07) is 0. The molecule has 0 saturated carbocycles. The number of carboxylic acid groups (broad SMARTS) is 2. The van der Waals surface area contributed by atoms with Crippen LogP contribution in [0, 0.1) is 0 Å². The molecule has 8 heteroatoms. The van der Waals surface area contributed by atoms with E-state index < -0.39 is 6.16 Å². The van der Waals surface area contributed by atoms with Gasteiger partial charge in [-0.2, -0.15) is 0 Å². The fourth-order valence-electron chi connectivity index (χ4n) is 0. The van der Waals surface area contributed by atoms with E-state index in [2.05, 4.69) is 0 Å². The first-order valence-electron chi connectivity index (χ1n) is 0.651. The molecule has 0 atom stereocenters. The largest absolute Gasteiger partial charge is 0.503 e. The Morgan fingerprint density at radius 1 is 0.889 bits per heavy atom. The summed E-state index contributed by atoms with van der Waals surface area (Å²) in [6.07, 6.45) is -1.83. The van der Waals surface area contributed by atoms with E-state index in [-0.39, 0.29) is 99.6 Å². The van der Waals surface area contributed by atoms with Gasteiger partial charge in [0.15, 0.2) is 0 Å². The maximum absolute atomic E-state index is 8.56. The fourth-order valence-corrected chi connectivity index (χ4v) is 0. The zero-order valence-corrected chi connectivity index (χ0v) is 11.8. The van der Waals surface area contributed by atoms with Crippen LogP contribution in [0.15, 0.2) is 0 Å². The number of hydrogen-bond donors (Lipinski definition) is 2. The second-order valence-electron chi connectivity index (χ2n) is 0.283. The molecule has 43 valence electrons. The van der Waals surface area contributed by atoms with Gasteiger partial charge in [-0.15, -0.1) is 0 Å². The van der Waals surface area contributed by atoms with Gasteiger partial charge in [0.25, 0.3) is 0 Å². The molecular weight excluding hydrogens is 161 g/mol. The van der Waals surface area contributed by atoms with Crippen molar-refractivity contribution >= 4 is 94.8 Å². The van der Waals surface area contributed by atoms with E-state index in [0.29, 0.717) is 0 Å². The first kappa shape index (κ1) is 43.1. The van der Waals surface area contributed by atoms with Crippen LogP contribution in [0.3, 0.4) is 0 Å². The Labute approximate surface area is 119 Å². The zero-order valence-electron chi connectivity index (χ0n) is 5.80. The minimum Gasteiger partial charge on any atom is -0.450 e. The zero-order chi connectivity index (χ0) is 3.58. The van der Waals surface area contributed by atoms with Gasteiger partial charge < -0.3 is 21.2 Å². The van der Waals surface area contributed by atoms with Crippen molar-refractivity contribution in [1.82, 2.24) is 0 Å². The average molecular weight is 167 g/mol. The second-order valence-corrected chi connectivity index (χ2v) is 0.283. The molecule has 0 aromatic carbocycles. The molecule has 9 heavy (non-hydrogen) atoms. The SMILES string of the molecule is O.O.O=C(O)O.[Na].[Na].[Na]. The molecule has 5 nitrogen and oxygen atoms in total. The summed E-state index contributed by atoms with van der Waals surface area (Å²) in [7, 11) is 0. The summed E-state index contributed by atoms with van der Waals surface area (Å²) < 4.78 is 0. The van der Waals surface area contributed by atoms with Crippen LogP contribution in [0.5, 0.6) is 0 Å². The van der Waals surface area contributed by atoms with Crippen molar-refractivity contribution in [2.75, 3.05) is 0 Å². The molecule has 0 aromatic heterocycles. The van der Waals surface area contributed by atoms with E-state index in [9.17, 15) is 0 Å². The third-order valence-corrected chi connectivity index (χ3v) is 0. The molecule has 0 saturated heterocycles. The van der Waals surface area contributed by atoms with Crippen LogP contribution in [-0.4, -0.2) is 116 Å². The monoisotopic (exact) mass is 167 g/mol. The molecule has 0 heterocycles. The Hall–Kier alpha value is 2.19. The third kappa shape index (κ3) is 143. The van der Waals surface area contributed by atoms with E-state index in [0.717, 1.165) is 0 Å². The van der Waals surface area contributed by atoms with Crippen molar-refractivity contribution in [3.63, 3.8) is 0 Å². The molecule has 6 N–H and O–H groups in total. The third-order valence-electron chi connectivity index (χ3n) is 0. The Morgan fingerprint density at radius 2 is 0.889 bits per heavy atom. The normalized spacial score (nSPS) is 2.67. The van der Waals surface area contributed by atoms with E-state index in [1.54, 1.807) is 0 Å². The van der Waals surface area contributed by atoms with Crippen LogP contribution >= 0.6 is 0 Å². The molecule has 0 amide bonds. The van der Waals surface area contributed by atoms with Gasteiger partial charge in [0, 0.05) is 88.7 Å². The van der Waals surface area contributed by atoms with Crippen LogP contribution in [-0.2, 0) is 0 Å². The summed E-state index contributed by atoms with van der Waals surface area (Å²) in [4.78, 5) is 8.56. The van der Waals surface area contributed by atoms with E-state index >= 15 is 0 Å². The molecule has 0 unspecified atom stereocenters. The summed E-state index contributed by atoms with van der Waals surface area (Å²) in [6.45, 7) is 0. The van der Waals surface area contributed by atoms with E-state index in [1.807, 2.05) is 0 Å². The van der Waals surface area contributed by atoms with Crippen LogP contribution in [0.1, 0.15) is 0 Å². The molecule has 0 aliphatic carbocycles. The maximum atomic E-state index is 8.56. The van der Waals surface area contributed by atoms with Gasteiger partial charge in [0.1, 0.15) is 0 Å². The Bertz CT molecular complexity index is 35.2. The molecular formula is CH6Na3O5. The van der Waals surface area contributed by atoms with Gasteiger partial charge in [-0.1, -0.05) is 0 Å². The fraction of sp³-hybridized carbons (Fsp3) is 0. The molecule has 0 aliphatic heterocycles. The van der Waals surface area contributed by atoms with Crippen molar-refractivity contribution in [1.29, 1.82) is 0 Å². The smallest absolute Gasteiger partial charge is 0.450 e. The van der Waals surface area contributed by atoms with Crippen LogP contribution in [0.2, 0.25) is 0 Å². The topological polar surface area (TPSA) is 121 Å². The molecule has 3 radical (unpaired) electrons. The van der Waals surface area contributed by atoms with Gasteiger partial charge in [-0.05, 0) is 0 Å². The quantitative estimate of drug-likeness (QED) is 0.385. The summed E-state index contributed by atoms with van der Waals surface area (Å²) in [5, 5.41) is 13.9. The Morgan fingerprint density at radius 3 is 0.889 bits per heavy atom. The van der Waals surface area contributed by atoms with Crippen molar-refractivity contribution < 1.29 is 26.0 Å². The van der Waals surface area contributed by atoms with Crippen molar-refractivity contribution in [2.45, 2.75) is 0 Å². The first-order valence-corrected chi connectivity index (χ1v) is 0.651. The Kier molecular flexibility index (Phi) is 153. The van der Waals surface area contributed by atoms with Gasteiger partial charge in [0.2, 0.25) is 0 Å². The van der Waals surface area contributed by atoms with E-state index in [1.165, 1.54) is 0 Å². The summed E-state index contributed by atoms with van der Waals surface area (Å²) in [5.41, 5.74) is 0. The predicted octanol–water partition coefficient (Wildman–Crippen LogP) is -2.57. The number of rotatable bonds is 0. The van der Waals surface area contributed by atoms with Crippen LogP contribution < -0.4 is 0 Å². The molecule has 0 spiro atoms.